The molecule has 1 aliphatic rings. The minimum atomic E-state index is 0.643. The summed E-state index contributed by atoms with van der Waals surface area (Å²) in [6.07, 6.45) is 3.81. The summed E-state index contributed by atoms with van der Waals surface area (Å²) < 4.78 is 0. The van der Waals surface area contributed by atoms with Gasteiger partial charge in [0.1, 0.15) is 17.0 Å². The molecule has 0 saturated carbocycles. The Labute approximate surface area is 152 Å². The van der Waals surface area contributed by atoms with Gasteiger partial charge in [0, 0.05) is 17.1 Å². The third-order valence-corrected chi connectivity index (χ3v) is 5.45. The molecular weight excluding hydrogens is 328 g/mol. The van der Waals surface area contributed by atoms with Crippen molar-refractivity contribution < 1.29 is 0 Å². The zero-order valence-corrected chi connectivity index (χ0v) is 15.0. The fourth-order valence-corrected chi connectivity index (χ4v) is 3.94. The van der Waals surface area contributed by atoms with Crippen LogP contribution in [0.5, 0.6) is 0 Å². The van der Waals surface area contributed by atoms with Crippen molar-refractivity contribution in [1.82, 2.24) is 9.97 Å². The van der Waals surface area contributed by atoms with E-state index in [2.05, 4.69) is 70.3 Å². The molecule has 0 aliphatic carbocycles. The van der Waals surface area contributed by atoms with Gasteiger partial charge in [-0.3, -0.25) is 0 Å². The maximum Gasteiger partial charge on any atom is 0.160 e. The second-order valence-corrected chi connectivity index (χ2v) is 7.28. The summed E-state index contributed by atoms with van der Waals surface area (Å²) in [6.45, 7) is 3.01. The van der Waals surface area contributed by atoms with E-state index in [-0.39, 0.29) is 0 Å². The lowest BCUT2D eigenvalue weighted by atomic mass is 10.0. The average molecular weight is 348 g/mol. The van der Waals surface area contributed by atoms with Crippen molar-refractivity contribution in [3.63, 3.8) is 0 Å². The van der Waals surface area contributed by atoms with Crippen LogP contribution in [0.4, 0.5) is 17.2 Å². The van der Waals surface area contributed by atoms with Crippen LogP contribution in [0, 0.1) is 6.92 Å². The Balaban J connectivity index is 1.69. The lowest BCUT2D eigenvalue weighted by Gasteiger charge is -2.31. The van der Waals surface area contributed by atoms with Gasteiger partial charge in [-0.25, -0.2) is 9.97 Å². The highest BCUT2D eigenvalue weighted by molar-refractivity contribution is 7.99. The van der Waals surface area contributed by atoms with Crippen molar-refractivity contribution in [2.24, 2.45) is 0 Å². The number of nitrogens with two attached hydrogens (primary N) is 1. The first-order chi connectivity index (χ1) is 12.2. The van der Waals surface area contributed by atoms with Gasteiger partial charge in [0.2, 0.25) is 0 Å². The maximum absolute atomic E-state index is 6.46. The molecular formula is C20H20N4S. The van der Waals surface area contributed by atoms with Crippen LogP contribution >= 0.6 is 11.8 Å². The van der Waals surface area contributed by atoms with Crippen molar-refractivity contribution in [3.8, 4) is 0 Å². The van der Waals surface area contributed by atoms with Crippen LogP contribution in [0.15, 0.2) is 64.8 Å². The fourth-order valence-electron chi connectivity index (χ4n) is 3.14. The lowest BCUT2D eigenvalue weighted by Crippen LogP contribution is -2.26. The van der Waals surface area contributed by atoms with Gasteiger partial charge >= 0.3 is 0 Å². The van der Waals surface area contributed by atoms with Crippen LogP contribution in [-0.2, 0) is 6.42 Å². The molecule has 2 aromatic carbocycles. The summed E-state index contributed by atoms with van der Waals surface area (Å²) in [5.41, 5.74) is 10.9. The Morgan fingerprint density at radius 3 is 2.68 bits per heavy atom. The van der Waals surface area contributed by atoms with Gasteiger partial charge in [0.15, 0.2) is 5.82 Å². The minimum Gasteiger partial charge on any atom is -0.394 e. The van der Waals surface area contributed by atoms with Crippen molar-refractivity contribution in [3.05, 3.63) is 66.0 Å². The van der Waals surface area contributed by atoms with E-state index >= 15 is 0 Å². The monoisotopic (exact) mass is 348 g/mol. The van der Waals surface area contributed by atoms with Gasteiger partial charge in [-0.05, 0) is 43.5 Å². The predicted octanol–water partition coefficient (Wildman–Crippen LogP) is 4.60. The molecule has 126 valence electrons. The van der Waals surface area contributed by atoms with E-state index in [9.17, 15) is 0 Å². The van der Waals surface area contributed by atoms with Crippen LogP contribution in [0.3, 0.4) is 0 Å². The summed E-state index contributed by atoms with van der Waals surface area (Å²) in [6, 6.07) is 16.9. The number of para-hydroxylation sites is 1. The number of nitrogens with zero attached hydrogens (tertiary/aromatic N) is 3. The van der Waals surface area contributed by atoms with Crippen LogP contribution in [0.1, 0.15) is 17.5 Å². The summed E-state index contributed by atoms with van der Waals surface area (Å²) in [7, 11) is 0. The zero-order valence-electron chi connectivity index (χ0n) is 14.1. The molecule has 0 bridgehead atoms. The van der Waals surface area contributed by atoms with E-state index in [1.54, 1.807) is 18.1 Å². The quantitative estimate of drug-likeness (QED) is 0.701. The molecule has 3 aromatic rings. The van der Waals surface area contributed by atoms with Gasteiger partial charge in [0.05, 0.1) is 0 Å². The third kappa shape index (κ3) is 3.20. The van der Waals surface area contributed by atoms with E-state index in [0.29, 0.717) is 5.69 Å². The van der Waals surface area contributed by atoms with Crippen LogP contribution in [0.2, 0.25) is 0 Å². The van der Waals surface area contributed by atoms with Gasteiger partial charge in [-0.1, -0.05) is 47.7 Å². The van der Waals surface area contributed by atoms with Crippen molar-refractivity contribution in [2.45, 2.75) is 29.7 Å². The molecule has 5 heteroatoms. The molecule has 1 aromatic heterocycles. The highest BCUT2D eigenvalue weighted by Gasteiger charge is 2.22. The Kier molecular flexibility index (Phi) is 4.32. The molecule has 0 fully saturated rings. The summed E-state index contributed by atoms with van der Waals surface area (Å²) in [5, 5.41) is 0.803. The van der Waals surface area contributed by atoms with Crippen LogP contribution in [0.25, 0.3) is 0 Å². The van der Waals surface area contributed by atoms with E-state index in [1.165, 1.54) is 16.8 Å². The second-order valence-electron chi connectivity index (χ2n) is 6.22. The van der Waals surface area contributed by atoms with Gasteiger partial charge in [0.25, 0.3) is 0 Å². The van der Waals surface area contributed by atoms with E-state index in [1.807, 2.05) is 0 Å². The number of benzene rings is 2. The first-order valence-electron chi connectivity index (χ1n) is 8.43. The standard InChI is InChI=1S/C20H20N4S/c1-14-8-10-16(11-9-14)25-20-18(21)19(22-13-23-20)24-12-4-6-15-5-2-3-7-17(15)24/h2-3,5,7-11,13H,4,6,12,21H2,1H3. The number of hydrogen-bond acceptors (Lipinski definition) is 5. The summed E-state index contributed by atoms with van der Waals surface area (Å²) in [4.78, 5) is 12.2. The zero-order chi connectivity index (χ0) is 17.2. The highest BCUT2D eigenvalue weighted by Crippen LogP contribution is 2.39. The van der Waals surface area contributed by atoms with E-state index in [4.69, 9.17) is 5.73 Å². The lowest BCUT2D eigenvalue weighted by molar-refractivity contribution is 0.757. The molecule has 0 unspecified atom stereocenters. The molecule has 2 N–H and O–H groups in total. The maximum atomic E-state index is 6.46. The number of nitrogen functional groups attached to an aromatic ring is 1. The number of aromatic nitrogens is 2. The summed E-state index contributed by atoms with van der Waals surface area (Å²) >= 11 is 1.58. The second kappa shape index (κ2) is 6.76. The molecule has 0 saturated heterocycles. The molecule has 25 heavy (non-hydrogen) atoms. The normalized spacial score (nSPS) is 13.6. The first kappa shape index (κ1) is 16.0. The number of fused-ring (bicyclic) bond motifs is 1. The Morgan fingerprint density at radius 2 is 1.84 bits per heavy atom. The third-order valence-electron chi connectivity index (χ3n) is 4.43. The predicted molar refractivity (Wildman–Crippen MR) is 104 cm³/mol. The molecule has 4 nitrogen and oxygen atoms in total. The van der Waals surface area contributed by atoms with E-state index < -0.39 is 0 Å². The largest absolute Gasteiger partial charge is 0.394 e. The molecule has 1 aliphatic heterocycles. The molecule has 0 amide bonds. The SMILES string of the molecule is Cc1ccc(Sc2ncnc(N3CCCc4ccccc43)c2N)cc1. The van der Waals surface area contributed by atoms with Gasteiger partial charge < -0.3 is 10.6 Å². The minimum absolute atomic E-state index is 0.643. The molecule has 0 radical (unpaired) electrons. The van der Waals surface area contributed by atoms with Gasteiger partial charge in [-0.15, -0.1) is 0 Å². The van der Waals surface area contributed by atoms with Crippen molar-refractivity contribution >= 4 is 29.0 Å². The van der Waals surface area contributed by atoms with E-state index in [0.717, 1.165) is 35.1 Å². The number of anilines is 3. The molecule has 4 rings (SSSR count). The topological polar surface area (TPSA) is 55.0 Å². The molecule has 0 spiro atoms. The van der Waals surface area contributed by atoms with Crippen molar-refractivity contribution in [2.75, 3.05) is 17.2 Å². The first-order valence-corrected chi connectivity index (χ1v) is 9.24. The average Bonchev–Trinajstić information content (AvgIpc) is 2.65. The van der Waals surface area contributed by atoms with Crippen molar-refractivity contribution in [1.29, 1.82) is 0 Å². The Hall–Kier alpha value is -2.53. The van der Waals surface area contributed by atoms with Gasteiger partial charge in [-0.2, -0.15) is 0 Å². The molecule has 0 atom stereocenters. The Bertz CT molecular complexity index is 892. The number of rotatable bonds is 3. The van der Waals surface area contributed by atoms with Crippen LogP contribution < -0.4 is 10.6 Å². The fraction of sp³-hybridized carbons (Fsp3) is 0.200. The number of hydrogen-bond donors (Lipinski definition) is 1. The van der Waals surface area contributed by atoms with Crippen LogP contribution in [-0.4, -0.2) is 16.5 Å². The molecule has 2 heterocycles. The highest BCUT2D eigenvalue weighted by atomic mass is 32.2. The summed E-state index contributed by atoms with van der Waals surface area (Å²) in [5.74, 6) is 0.803. The number of aryl methyl sites for hydroxylation is 2. The smallest absolute Gasteiger partial charge is 0.160 e. The Morgan fingerprint density at radius 1 is 1.04 bits per heavy atom.